The largest absolute Gasteiger partial charge is 0.414 e. The molecular formula is C10H12NO2. The zero-order valence-corrected chi connectivity index (χ0v) is 7.56. The van der Waals surface area contributed by atoms with Crippen molar-refractivity contribution in [1.29, 1.82) is 0 Å². The number of carbonyl (C=O) groups excluding carboxylic acids is 1. The second-order valence-corrected chi connectivity index (χ2v) is 2.60. The summed E-state index contributed by atoms with van der Waals surface area (Å²) in [5.74, 6) is 0.549. The van der Waals surface area contributed by atoms with Gasteiger partial charge in [-0.05, 0) is 19.1 Å². The molecule has 0 aliphatic carbocycles. The Hall–Kier alpha value is -1.51. The van der Waals surface area contributed by atoms with Crippen LogP contribution in [0, 0.1) is 6.92 Å². The molecule has 0 saturated heterocycles. The third kappa shape index (κ3) is 2.78. The van der Waals surface area contributed by atoms with E-state index in [0.29, 0.717) is 12.3 Å². The van der Waals surface area contributed by atoms with Crippen molar-refractivity contribution in [2.45, 2.75) is 0 Å². The summed E-state index contributed by atoms with van der Waals surface area (Å²) >= 11 is 0. The maximum Gasteiger partial charge on any atom is 0.414 e. The first kappa shape index (κ1) is 9.58. The SMILES string of the molecule is [CH2]CN(C)C(=O)Oc1ccccc1. The van der Waals surface area contributed by atoms with Crippen LogP contribution in [0.1, 0.15) is 0 Å². The van der Waals surface area contributed by atoms with E-state index in [-0.39, 0.29) is 6.09 Å². The summed E-state index contributed by atoms with van der Waals surface area (Å²) in [6.45, 7) is 3.97. The van der Waals surface area contributed by atoms with Gasteiger partial charge in [0.25, 0.3) is 0 Å². The predicted molar refractivity (Wildman–Crippen MR) is 50.5 cm³/mol. The van der Waals surface area contributed by atoms with Crippen molar-refractivity contribution in [3.05, 3.63) is 37.3 Å². The molecule has 3 heteroatoms. The number of benzene rings is 1. The summed E-state index contributed by atoms with van der Waals surface area (Å²) < 4.78 is 5.01. The molecule has 0 unspecified atom stereocenters. The van der Waals surface area contributed by atoms with Crippen LogP contribution in [0.25, 0.3) is 0 Å². The van der Waals surface area contributed by atoms with E-state index in [0.717, 1.165) is 0 Å². The molecule has 0 atom stereocenters. The van der Waals surface area contributed by atoms with Gasteiger partial charge in [-0.25, -0.2) is 4.79 Å². The first-order valence-electron chi connectivity index (χ1n) is 4.01. The fourth-order valence-electron chi connectivity index (χ4n) is 0.759. The van der Waals surface area contributed by atoms with Crippen LogP contribution in [0.5, 0.6) is 5.75 Å². The molecule has 1 amide bonds. The second kappa shape index (κ2) is 4.50. The number of hydrogen-bond donors (Lipinski definition) is 0. The average molecular weight is 178 g/mol. The number of rotatable bonds is 2. The minimum absolute atomic E-state index is 0.388. The highest BCUT2D eigenvalue weighted by Crippen LogP contribution is 2.09. The van der Waals surface area contributed by atoms with Gasteiger partial charge in [-0.3, -0.25) is 0 Å². The number of ether oxygens (including phenoxy) is 1. The number of para-hydroxylation sites is 1. The fourth-order valence-corrected chi connectivity index (χ4v) is 0.759. The molecule has 0 spiro atoms. The van der Waals surface area contributed by atoms with E-state index in [9.17, 15) is 4.79 Å². The van der Waals surface area contributed by atoms with Crippen LogP contribution in [0.15, 0.2) is 30.3 Å². The van der Waals surface area contributed by atoms with Crippen LogP contribution in [0.3, 0.4) is 0 Å². The van der Waals surface area contributed by atoms with E-state index in [4.69, 9.17) is 4.74 Å². The number of hydrogen-bond acceptors (Lipinski definition) is 2. The fraction of sp³-hybridized carbons (Fsp3) is 0.200. The molecule has 0 aliphatic rings. The Balaban J connectivity index is 2.55. The molecule has 0 fully saturated rings. The smallest absolute Gasteiger partial charge is 0.410 e. The van der Waals surface area contributed by atoms with Gasteiger partial charge in [-0.15, -0.1) is 0 Å². The average Bonchev–Trinajstić information content (AvgIpc) is 2.18. The molecule has 1 radical (unpaired) electrons. The summed E-state index contributed by atoms with van der Waals surface area (Å²) in [4.78, 5) is 12.6. The molecule has 0 aromatic heterocycles. The maximum atomic E-state index is 11.2. The normalized spacial score (nSPS) is 9.38. The van der Waals surface area contributed by atoms with Crippen LogP contribution in [0.4, 0.5) is 4.79 Å². The molecule has 1 rings (SSSR count). The van der Waals surface area contributed by atoms with Gasteiger partial charge >= 0.3 is 6.09 Å². The van der Waals surface area contributed by atoms with Crippen molar-refractivity contribution in [3.63, 3.8) is 0 Å². The number of amides is 1. The van der Waals surface area contributed by atoms with Crippen LogP contribution in [-0.2, 0) is 0 Å². The van der Waals surface area contributed by atoms with E-state index in [2.05, 4.69) is 6.92 Å². The monoisotopic (exact) mass is 178 g/mol. The Labute approximate surface area is 77.9 Å². The lowest BCUT2D eigenvalue weighted by Gasteiger charge is -2.13. The Morgan fingerprint density at radius 3 is 2.62 bits per heavy atom. The van der Waals surface area contributed by atoms with Gasteiger partial charge in [0.05, 0.1) is 0 Å². The predicted octanol–water partition coefficient (Wildman–Crippen LogP) is 1.95. The van der Waals surface area contributed by atoms with Crippen molar-refractivity contribution in [3.8, 4) is 5.75 Å². The van der Waals surface area contributed by atoms with Crippen molar-refractivity contribution < 1.29 is 9.53 Å². The molecule has 69 valence electrons. The maximum absolute atomic E-state index is 11.2. The molecule has 0 aliphatic heterocycles. The van der Waals surface area contributed by atoms with Gasteiger partial charge in [-0.2, -0.15) is 0 Å². The van der Waals surface area contributed by atoms with Gasteiger partial charge < -0.3 is 9.64 Å². The van der Waals surface area contributed by atoms with Crippen molar-refractivity contribution in [1.82, 2.24) is 4.90 Å². The molecule has 0 saturated carbocycles. The molecule has 13 heavy (non-hydrogen) atoms. The lowest BCUT2D eigenvalue weighted by atomic mass is 10.3. The van der Waals surface area contributed by atoms with E-state index < -0.39 is 0 Å². The molecular weight excluding hydrogens is 166 g/mol. The topological polar surface area (TPSA) is 29.5 Å². The van der Waals surface area contributed by atoms with Crippen molar-refractivity contribution in [2.75, 3.05) is 13.6 Å². The minimum Gasteiger partial charge on any atom is -0.410 e. The summed E-state index contributed by atoms with van der Waals surface area (Å²) in [7, 11) is 1.64. The number of carbonyl (C=O) groups is 1. The molecule has 0 heterocycles. The highest BCUT2D eigenvalue weighted by molar-refractivity contribution is 5.70. The van der Waals surface area contributed by atoms with Crippen molar-refractivity contribution in [2.24, 2.45) is 0 Å². The van der Waals surface area contributed by atoms with Crippen LogP contribution in [-0.4, -0.2) is 24.6 Å². The highest BCUT2D eigenvalue weighted by Gasteiger charge is 2.07. The summed E-state index contributed by atoms with van der Waals surface area (Å²) in [5.41, 5.74) is 0. The quantitative estimate of drug-likeness (QED) is 0.692. The third-order valence-corrected chi connectivity index (χ3v) is 1.60. The molecule has 0 N–H and O–H groups in total. The Bertz CT molecular complexity index is 272. The van der Waals surface area contributed by atoms with Gasteiger partial charge in [0.15, 0.2) is 0 Å². The van der Waals surface area contributed by atoms with Gasteiger partial charge in [0, 0.05) is 13.6 Å². The molecule has 0 bridgehead atoms. The van der Waals surface area contributed by atoms with E-state index in [1.165, 1.54) is 4.90 Å². The summed E-state index contributed by atoms with van der Waals surface area (Å²) in [6, 6.07) is 8.95. The third-order valence-electron chi connectivity index (χ3n) is 1.60. The molecule has 1 aromatic carbocycles. The van der Waals surface area contributed by atoms with Crippen molar-refractivity contribution >= 4 is 6.09 Å². The first-order valence-corrected chi connectivity index (χ1v) is 4.01. The number of nitrogens with zero attached hydrogens (tertiary/aromatic N) is 1. The van der Waals surface area contributed by atoms with E-state index in [1.54, 1.807) is 19.2 Å². The summed E-state index contributed by atoms with van der Waals surface area (Å²) in [5, 5.41) is 0. The lowest BCUT2D eigenvalue weighted by molar-refractivity contribution is 0.167. The Morgan fingerprint density at radius 1 is 1.46 bits per heavy atom. The second-order valence-electron chi connectivity index (χ2n) is 2.60. The zero-order chi connectivity index (χ0) is 9.68. The highest BCUT2D eigenvalue weighted by atomic mass is 16.6. The lowest BCUT2D eigenvalue weighted by Crippen LogP contribution is -2.29. The molecule has 1 aromatic rings. The minimum atomic E-state index is -0.388. The van der Waals surface area contributed by atoms with E-state index in [1.807, 2.05) is 18.2 Å². The molecule has 3 nitrogen and oxygen atoms in total. The standard InChI is InChI=1S/C10H12NO2/c1-3-11(2)10(12)13-9-7-5-4-6-8-9/h4-8H,1,3H2,2H3. The summed E-state index contributed by atoms with van der Waals surface area (Å²) in [6.07, 6.45) is -0.388. The zero-order valence-electron chi connectivity index (χ0n) is 7.56. The van der Waals surface area contributed by atoms with Gasteiger partial charge in [-0.1, -0.05) is 18.2 Å². The Morgan fingerprint density at radius 2 is 2.08 bits per heavy atom. The Kier molecular flexibility index (Phi) is 3.31. The van der Waals surface area contributed by atoms with E-state index >= 15 is 0 Å². The van der Waals surface area contributed by atoms with Gasteiger partial charge in [0.1, 0.15) is 5.75 Å². The van der Waals surface area contributed by atoms with Gasteiger partial charge in [0.2, 0.25) is 0 Å². The van der Waals surface area contributed by atoms with Crippen LogP contribution < -0.4 is 4.74 Å². The van der Waals surface area contributed by atoms with Crippen LogP contribution >= 0.6 is 0 Å². The van der Waals surface area contributed by atoms with Crippen LogP contribution in [0.2, 0.25) is 0 Å². The first-order chi connectivity index (χ1) is 6.24.